The summed E-state index contributed by atoms with van der Waals surface area (Å²) in [5.41, 5.74) is 2.60. The van der Waals surface area contributed by atoms with Crippen LogP contribution in [0.25, 0.3) is 0 Å². The normalized spacial score (nSPS) is 18.2. The number of aryl methyl sites for hydroxylation is 1. The molecule has 2 N–H and O–H groups in total. The van der Waals surface area contributed by atoms with E-state index in [0.29, 0.717) is 11.8 Å². The Morgan fingerprint density at radius 2 is 2.00 bits per heavy atom. The number of piperidine rings is 1. The lowest BCUT2D eigenvalue weighted by Crippen LogP contribution is -2.27. The molecule has 2 rings (SSSR count). The third-order valence-corrected chi connectivity index (χ3v) is 3.30. The van der Waals surface area contributed by atoms with Crippen LogP contribution in [-0.2, 0) is 6.42 Å². The molecule has 1 aliphatic rings. The highest BCUT2D eigenvalue weighted by Gasteiger charge is 2.20. The quantitative estimate of drug-likeness (QED) is 0.822. The van der Waals surface area contributed by atoms with E-state index in [0.717, 1.165) is 19.5 Å². The van der Waals surface area contributed by atoms with Gasteiger partial charge in [0.15, 0.2) is 0 Å². The summed E-state index contributed by atoms with van der Waals surface area (Å²) in [6.45, 7) is 8.91. The van der Waals surface area contributed by atoms with Crippen LogP contribution in [0.1, 0.15) is 49.8 Å². The van der Waals surface area contributed by atoms with Crippen LogP contribution in [0.15, 0.2) is 0 Å². The standard InChI is InChI=1S/C13H23N3/c1-9(2)8-12-15-10(3)13(16-12)11-4-6-14-7-5-11/h9,11,14H,4-8H2,1-3H3,(H,15,16). The Balaban J connectivity index is 2.10. The smallest absolute Gasteiger partial charge is 0.106 e. The van der Waals surface area contributed by atoms with Crippen molar-refractivity contribution in [3.8, 4) is 0 Å². The monoisotopic (exact) mass is 221 g/mol. The summed E-state index contributed by atoms with van der Waals surface area (Å²) in [5, 5.41) is 3.40. The molecule has 0 radical (unpaired) electrons. The molecular formula is C13H23N3. The van der Waals surface area contributed by atoms with Crippen molar-refractivity contribution in [2.24, 2.45) is 5.92 Å². The minimum atomic E-state index is 0.665. The van der Waals surface area contributed by atoms with E-state index in [1.54, 1.807) is 0 Å². The van der Waals surface area contributed by atoms with Crippen molar-refractivity contribution in [2.75, 3.05) is 13.1 Å². The summed E-state index contributed by atoms with van der Waals surface area (Å²) in [5.74, 6) is 2.51. The maximum atomic E-state index is 4.79. The van der Waals surface area contributed by atoms with Gasteiger partial charge >= 0.3 is 0 Å². The number of hydrogen-bond acceptors (Lipinski definition) is 2. The van der Waals surface area contributed by atoms with Crippen LogP contribution in [-0.4, -0.2) is 23.1 Å². The third-order valence-electron chi connectivity index (χ3n) is 3.30. The molecule has 1 aromatic heterocycles. The fraction of sp³-hybridized carbons (Fsp3) is 0.769. The average Bonchev–Trinajstić information content (AvgIpc) is 2.60. The zero-order valence-corrected chi connectivity index (χ0v) is 10.6. The summed E-state index contributed by atoms with van der Waals surface area (Å²) in [4.78, 5) is 8.23. The van der Waals surface area contributed by atoms with Crippen molar-refractivity contribution in [2.45, 2.75) is 46.0 Å². The molecule has 1 aromatic rings. The van der Waals surface area contributed by atoms with Gasteiger partial charge in [-0.1, -0.05) is 13.8 Å². The Morgan fingerprint density at radius 1 is 1.31 bits per heavy atom. The first kappa shape index (κ1) is 11.6. The Morgan fingerprint density at radius 3 is 2.62 bits per heavy atom. The van der Waals surface area contributed by atoms with Gasteiger partial charge in [-0.15, -0.1) is 0 Å². The first-order valence-corrected chi connectivity index (χ1v) is 6.43. The van der Waals surface area contributed by atoms with Crippen LogP contribution >= 0.6 is 0 Å². The number of aromatic amines is 1. The SMILES string of the molecule is Cc1[nH]c(CC(C)C)nc1C1CCNCC1. The second-order valence-corrected chi connectivity index (χ2v) is 5.32. The summed E-state index contributed by atoms with van der Waals surface area (Å²) in [7, 11) is 0. The van der Waals surface area contributed by atoms with Crippen LogP contribution in [0.3, 0.4) is 0 Å². The van der Waals surface area contributed by atoms with Crippen molar-refractivity contribution in [3.05, 3.63) is 17.2 Å². The van der Waals surface area contributed by atoms with Gasteiger partial charge in [0.25, 0.3) is 0 Å². The van der Waals surface area contributed by atoms with Crippen molar-refractivity contribution < 1.29 is 0 Å². The van der Waals surface area contributed by atoms with Gasteiger partial charge in [-0.3, -0.25) is 0 Å². The Labute approximate surface area is 98.1 Å². The van der Waals surface area contributed by atoms with Crippen LogP contribution < -0.4 is 5.32 Å². The molecule has 1 saturated heterocycles. The number of H-pyrrole nitrogens is 1. The van der Waals surface area contributed by atoms with Crippen molar-refractivity contribution in [1.29, 1.82) is 0 Å². The molecule has 0 bridgehead atoms. The Kier molecular flexibility index (Phi) is 3.64. The molecule has 0 aliphatic carbocycles. The van der Waals surface area contributed by atoms with Crippen molar-refractivity contribution >= 4 is 0 Å². The van der Waals surface area contributed by atoms with E-state index in [9.17, 15) is 0 Å². The average molecular weight is 221 g/mol. The predicted molar refractivity (Wildman–Crippen MR) is 66.7 cm³/mol. The molecule has 16 heavy (non-hydrogen) atoms. The lowest BCUT2D eigenvalue weighted by Gasteiger charge is -2.21. The molecule has 3 heteroatoms. The number of aromatic nitrogens is 2. The van der Waals surface area contributed by atoms with Gasteiger partial charge in [-0.05, 0) is 38.8 Å². The second kappa shape index (κ2) is 5.00. The molecule has 90 valence electrons. The molecule has 0 aromatic carbocycles. The molecule has 2 heterocycles. The van der Waals surface area contributed by atoms with E-state index < -0.39 is 0 Å². The number of nitrogens with one attached hydrogen (secondary N) is 2. The van der Waals surface area contributed by atoms with Gasteiger partial charge in [0, 0.05) is 18.0 Å². The Hall–Kier alpha value is -0.830. The summed E-state index contributed by atoms with van der Waals surface area (Å²) in [6.07, 6.45) is 3.52. The van der Waals surface area contributed by atoms with Gasteiger partial charge in [-0.25, -0.2) is 4.98 Å². The summed E-state index contributed by atoms with van der Waals surface area (Å²) >= 11 is 0. The first-order valence-electron chi connectivity index (χ1n) is 6.43. The summed E-state index contributed by atoms with van der Waals surface area (Å²) < 4.78 is 0. The molecule has 0 saturated carbocycles. The highest BCUT2D eigenvalue weighted by atomic mass is 14.9. The zero-order valence-electron chi connectivity index (χ0n) is 10.6. The molecule has 0 atom stereocenters. The maximum Gasteiger partial charge on any atom is 0.106 e. The van der Waals surface area contributed by atoms with Crippen molar-refractivity contribution in [3.63, 3.8) is 0 Å². The first-order chi connectivity index (χ1) is 7.66. The Bertz CT molecular complexity index is 335. The fourth-order valence-corrected chi connectivity index (χ4v) is 2.51. The third kappa shape index (κ3) is 2.64. The second-order valence-electron chi connectivity index (χ2n) is 5.32. The number of nitrogens with zero attached hydrogens (tertiary/aromatic N) is 1. The minimum Gasteiger partial charge on any atom is -0.346 e. The molecule has 1 aliphatic heterocycles. The van der Waals surface area contributed by atoms with Crippen LogP contribution in [0.5, 0.6) is 0 Å². The van der Waals surface area contributed by atoms with Crippen LogP contribution in [0.4, 0.5) is 0 Å². The van der Waals surface area contributed by atoms with E-state index >= 15 is 0 Å². The topological polar surface area (TPSA) is 40.7 Å². The van der Waals surface area contributed by atoms with E-state index in [2.05, 4.69) is 31.1 Å². The van der Waals surface area contributed by atoms with E-state index in [4.69, 9.17) is 4.98 Å². The highest BCUT2D eigenvalue weighted by Crippen LogP contribution is 2.26. The minimum absolute atomic E-state index is 0.665. The van der Waals surface area contributed by atoms with Gasteiger partial charge in [0.2, 0.25) is 0 Å². The molecule has 1 fully saturated rings. The van der Waals surface area contributed by atoms with Crippen molar-refractivity contribution in [1.82, 2.24) is 15.3 Å². The van der Waals surface area contributed by atoms with Gasteiger partial charge in [0.05, 0.1) is 5.69 Å². The molecular weight excluding hydrogens is 198 g/mol. The molecule has 0 unspecified atom stereocenters. The molecule has 0 amide bonds. The number of imidazole rings is 1. The lowest BCUT2D eigenvalue weighted by atomic mass is 9.94. The maximum absolute atomic E-state index is 4.79. The predicted octanol–water partition coefficient (Wildman–Crippen LogP) is 2.38. The summed E-state index contributed by atoms with van der Waals surface area (Å²) in [6, 6.07) is 0. The number of rotatable bonds is 3. The molecule has 3 nitrogen and oxygen atoms in total. The highest BCUT2D eigenvalue weighted by molar-refractivity contribution is 5.18. The van der Waals surface area contributed by atoms with Gasteiger partial charge < -0.3 is 10.3 Å². The fourth-order valence-electron chi connectivity index (χ4n) is 2.51. The largest absolute Gasteiger partial charge is 0.346 e. The number of hydrogen-bond donors (Lipinski definition) is 2. The van der Waals surface area contributed by atoms with Crippen LogP contribution in [0.2, 0.25) is 0 Å². The molecule has 0 spiro atoms. The van der Waals surface area contributed by atoms with E-state index in [1.807, 2.05) is 0 Å². The van der Waals surface area contributed by atoms with Crippen LogP contribution in [0, 0.1) is 12.8 Å². The van der Waals surface area contributed by atoms with E-state index in [-0.39, 0.29) is 0 Å². The zero-order chi connectivity index (χ0) is 11.5. The van der Waals surface area contributed by atoms with Gasteiger partial charge in [-0.2, -0.15) is 0 Å². The lowest BCUT2D eigenvalue weighted by molar-refractivity contribution is 0.452. The van der Waals surface area contributed by atoms with E-state index in [1.165, 1.54) is 30.1 Å². The van der Waals surface area contributed by atoms with Gasteiger partial charge in [0.1, 0.15) is 5.82 Å².